The molecule has 1 atom stereocenters. The zero-order valence-electron chi connectivity index (χ0n) is 19.5. The van der Waals surface area contributed by atoms with Gasteiger partial charge in [0, 0.05) is 12.6 Å². The van der Waals surface area contributed by atoms with Crippen LogP contribution in [0.4, 0.5) is 0 Å². The van der Waals surface area contributed by atoms with Crippen LogP contribution in [0.15, 0.2) is 48.5 Å². The highest BCUT2D eigenvalue weighted by Gasteiger charge is 2.24. The summed E-state index contributed by atoms with van der Waals surface area (Å²) in [6, 6.07) is 13.9. The molecule has 0 bridgehead atoms. The Morgan fingerprint density at radius 2 is 1.84 bits per heavy atom. The first-order valence-corrected chi connectivity index (χ1v) is 11.2. The van der Waals surface area contributed by atoms with E-state index in [1.807, 2.05) is 44.2 Å². The molecule has 2 aromatic carbocycles. The number of amides is 1. The van der Waals surface area contributed by atoms with E-state index in [0.717, 1.165) is 30.0 Å². The Morgan fingerprint density at radius 3 is 2.53 bits per heavy atom. The molecule has 6 nitrogen and oxygen atoms in total. The van der Waals surface area contributed by atoms with Crippen LogP contribution in [0.1, 0.15) is 43.9 Å². The Hall–Kier alpha value is -2.99. The molecule has 172 valence electrons. The maximum Gasteiger partial charge on any atom is 0.244 e. The number of methoxy groups -OCH3 is 2. The van der Waals surface area contributed by atoms with Crippen LogP contribution in [0.5, 0.6) is 17.2 Å². The number of carbonyl (C=O) groups excluding carboxylic acids is 1. The van der Waals surface area contributed by atoms with E-state index in [0.29, 0.717) is 18.0 Å². The smallest absolute Gasteiger partial charge is 0.244 e. The lowest BCUT2D eigenvalue weighted by Gasteiger charge is -2.28. The van der Waals surface area contributed by atoms with Crippen molar-refractivity contribution in [2.75, 3.05) is 33.9 Å². The van der Waals surface area contributed by atoms with Gasteiger partial charge in [-0.05, 0) is 81.2 Å². The van der Waals surface area contributed by atoms with Crippen LogP contribution in [0.2, 0.25) is 0 Å². The summed E-state index contributed by atoms with van der Waals surface area (Å²) in [5.74, 6) is 2.04. The number of carbonyl (C=O) groups is 1. The molecule has 2 aromatic rings. The van der Waals surface area contributed by atoms with Gasteiger partial charge < -0.3 is 19.5 Å². The third-order valence-electron chi connectivity index (χ3n) is 5.51. The van der Waals surface area contributed by atoms with Crippen molar-refractivity contribution in [2.45, 2.75) is 38.8 Å². The number of benzene rings is 2. The molecule has 3 rings (SSSR count). The summed E-state index contributed by atoms with van der Waals surface area (Å²) >= 11 is 0. The lowest BCUT2D eigenvalue weighted by Crippen LogP contribution is -2.36. The molecular weight excluding hydrogens is 404 g/mol. The van der Waals surface area contributed by atoms with Crippen molar-refractivity contribution in [1.29, 1.82) is 0 Å². The molecule has 1 aliphatic rings. The van der Waals surface area contributed by atoms with E-state index in [-0.39, 0.29) is 18.1 Å². The molecule has 6 heteroatoms. The lowest BCUT2D eigenvalue weighted by molar-refractivity contribution is -0.116. The molecule has 0 spiro atoms. The summed E-state index contributed by atoms with van der Waals surface area (Å²) in [7, 11) is 3.28. The van der Waals surface area contributed by atoms with Gasteiger partial charge in [-0.3, -0.25) is 9.69 Å². The molecule has 0 saturated carbocycles. The van der Waals surface area contributed by atoms with Crippen LogP contribution in [0, 0.1) is 0 Å². The second kappa shape index (κ2) is 11.6. The van der Waals surface area contributed by atoms with Crippen LogP contribution in [-0.2, 0) is 4.79 Å². The van der Waals surface area contributed by atoms with Crippen LogP contribution >= 0.6 is 0 Å². The highest BCUT2D eigenvalue weighted by atomic mass is 16.5. The molecule has 1 fully saturated rings. The third-order valence-corrected chi connectivity index (χ3v) is 5.51. The average molecular weight is 439 g/mol. The Balaban J connectivity index is 1.65. The van der Waals surface area contributed by atoms with Gasteiger partial charge in [-0.2, -0.15) is 0 Å². The standard InChI is InChI=1S/C26H34N2O4/c1-19(2)32-24-12-10-20(16-25(24)31-4)11-13-26(29)27-18-23(28-14-5-6-15-28)21-8-7-9-22(17-21)30-3/h7-13,16-17,19,23H,5-6,14-15,18H2,1-4H3,(H,27,29)/b13-11+. The molecule has 1 N–H and O–H groups in total. The minimum absolute atomic E-state index is 0.0594. The van der Waals surface area contributed by atoms with Crippen LogP contribution in [0.25, 0.3) is 6.08 Å². The van der Waals surface area contributed by atoms with Gasteiger partial charge in [-0.15, -0.1) is 0 Å². The molecular formula is C26H34N2O4. The molecule has 0 radical (unpaired) electrons. The predicted octanol–water partition coefficient (Wildman–Crippen LogP) is 4.46. The zero-order chi connectivity index (χ0) is 22.9. The number of nitrogens with zero attached hydrogens (tertiary/aromatic N) is 1. The maximum absolute atomic E-state index is 12.6. The zero-order valence-corrected chi connectivity index (χ0v) is 19.5. The molecule has 1 unspecified atom stereocenters. The Morgan fingerprint density at radius 1 is 1.06 bits per heavy atom. The van der Waals surface area contributed by atoms with Gasteiger partial charge in [0.25, 0.3) is 0 Å². The van der Waals surface area contributed by atoms with Crippen molar-refractivity contribution in [2.24, 2.45) is 0 Å². The van der Waals surface area contributed by atoms with Gasteiger partial charge in [0.15, 0.2) is 11.5 Å². The number of hydrogen-bond donors (Lipinski definition) is 1. The number of likely N-dealkylation sites (tertiary alicyclic amines) is 1. The first kappa shape index (κ1) is 23.7. The Kier molecular flexibility index (Phi) is 8.56. The largest absolute Gasteiger partial charge is 0.497 e. The molecule has 0 aliphatic carbocycles. The van der Waals surface area contributed by atoms with E-state index in [2.05, 4.69) is 22.3 Å². The van der Waals surface area contributed by atoms with E-state index in [4.69, 9.17) is 14.2 Å². The Bertz CT molecular complexity index is 920. The fourth-order valence-electron chi connectivity index (χ4n) is 3.93. The van der Waals surface area contributed by atoms with E-state index < -0.39 is 0 Å². The fourth-order valence-corrected chi connectivity index (χ4v) is 3.93. The van der Waals surface area contributed by atoms with Crippen molar-refractivity contribution in [3.63, 3.8) is 0 Å². The summed E-state index contributed by atoms with van der Waals surface area (Å²) in [4.78, 5) is 15.0. The van der Waals surface area contributed by atoms with E-state index >= 15 is 0 Å². The van der Waals surface area contributed by atoms with Crippen molar-refractivity contribution in [3.05, 3.63) is 59.7 Å². The summed E-state index contributed by atoms with van der Waals surface area (Å²) in [6.45, 7) is 6.56. The summed E-state index contributed by atoms with van der Waals surface area (Å²) in [5, 5.41) is 3.07. The summed E-state index contributed by atoms with van der Waals surface area (Å²) in [6.07, 6.45) is 5.78. The average Bonchev–Trinajstić information content (AvgIpc) is 3.33. The van der Waals surface area contributed by atoms with Gasteiger partial charge >= 0.3 is 0 Å². The van der Waals surface area contributed by atoms with Gasteiger partial charge in [-0.1, -0.05) is 18.2 Å². The van der Waals surface area contributed by atoms with Gasteiger partial charge in [0.1, 0.15) is 5.75 Å². The number of rotatable bonds is 10. The highest BCUT2D eigenvalue weighted by molar-refractivity contribution is 5.91. The quantitative estimate of drug-likeness (QED) is 0.555. The molecule has 1 aliphatic heterocycles. The first-order valence-electron chi connectivity index (χ1n) is 11.2. The second-order valence-electron chi connectivity index (χ2n) is 8.19. The minimum atomic E-state index is -0.126. The third kappa shape index (κ3) is 6.50. The molecule has 1 heterocycles. The normalized spacial score (nSPS) is 15.2. The van der Waals surface area contributed by atoms with Crippen LogP contribution in [-0.4, -0.2) is 50.8 Å². The summed E-state index contributed by atoms with van der Waals surface area (Å²) < 4.78 is 16.6. The van der Waals surface area contributed by atoms with Crippen molar-refractivity contribution in [3.8, 4) is 17.2 Å². The highest BCUT2D eigenvalue weighted by Crippen LogP contribution is 2.30. The predicted molar refractivity (Wildman–Crippen MR) is 127 cm³/mol. The number of ether oxygens (including phenoxy) is 3. The van der Waals surface area contributed by atoms with Crippen molar-refractivity contribution in [1.82, 2.24) is 10.2 Å². The molecule has 32 heavy (non-hydrogen) atoms. The van der Waals surface area contributed by atoms with Crippen LogP contribution in [0.3, 0.4) is 0 Å². The SMILES string of the molecule is COc1cccc(C(CNC(=O)/C=C/c2ccc(OC(C)C)c(OC)c2)N2CCCC2)c1. The van der Waals surface area contributed by atoms with E-state index in [1.165, 1.54) is 12.8 Å². The second-order valence-corrected chi connectivity index (χ2v) is 8.19. The van der Waals surface area contributed by atoms with Gasteiger partial charge in [0.2, 0.25) is 5.91 Å². The van der Waals surface area contributed by atoms with E-state index in [1.54, 1.807) is 26.4 Å². The first-order chi connectivity index (χ1) is 15.5. The minimum Gasteiger partial charge on any atom is -0.497 e. The van der Waals surface area contributed by atoms with Crippen LogP contribution < -0.4 is 19.5 Å². The van der Waals surface area contributed by atoms with Crippen molar-refractivity contribution < 1.29 is 19.0 Å². The molecule has 1 amide bonds. The lowest BCUT2D eigenvalue weighted by atomic mass is 10.0. The number of hydrogen-bond acceptors (Lipinski definition) is 5. The molecule has 0 aromatic heterocycles. The monoisotopic (exact) mass is 438 g/mol. The van der Waals surface area contributed by atoms with E-state index in [9.17, 15) is 4.79 Å². The fraction of sp³-hybridized carbons (Fsp3) is 0.423. The van der Waals surface area contributed by atoms with Gasteiger partial charge in [0.05, 0.1) is 26.4 Å². The number of nitrogens with one attached hydrogen (secondary N) is 1. The Labute approximate surface area is 191 Å². The van der Waals surface area contributed by atoms with Crippen molar-refractivity contribution >= 4 is 12.0 Å². The van der Waals surface area contributed by atoms with Gasteiger partial charge in [-0.25, -0.2) is 0 Å². The maximum atomic E-state index is 12.6. The molecule has 1 saturated heterocycles. The summed E-state index contributed by atoms with van der Waals surface area (Å²) in [5.41, 5.74) is 2.03. The topological polar surface area (TPSA) is 60.0 Å².